The van der Waals surface area contributed by atoms with Crippen LogP contribution in [0.5, 0.6) is 0 Å². The summed E-state index contributed by atoms with van der Waals surface area (Å²) in [6, 6.07) is 0. The predicted octanol–water partition coefficient (Wildman–Crippen LogP) is 3.39. The first kappa shape index (κ1) is 11.9. The molecule has 0 saturated heterocycles. The Balaban J connectivity index is 3.04. The fourth-order valence-electron chi connectivity index (χ4n) is 0.939. The quantitative estimate of drug-likeness (QED) is 0.687. The standard InChI is InChI=1S/C8H8BrCl2NO2/c1-2-14-8(13)7-6(11)5(10)4(3-9)12-7/h12H,2-3H2,1H3. The number of rotatable bonds is 3. The highest BCUT2D eigenvalue weighted by Crippen LogP contribution is 2.31. The lowest BCUT2D eigenvalue weighted by atomic mass is 10.4. The Kier molecular flexibility index (Phi) is 4.29. The van der Waals surface area contributed by atoms with Crippen molar-refractivity contribution >= 4 is 45.1 Å². The predicted molar refractivity (Wildman–Crippen MR) is 59.4 cm³/mol. The molecule has 6 heteroatoms. The highest BCUT2D eigenvalue weighted by atomic mass is 79.9. The molecule has 0 saturated carbocycles. The molecular weight excluding hydrogens is 293 g/mol. The van der Waals surface area contributed by atoms with E-state index in [1.54, 1.807) is 6.92 Å². The Morgan fingerprint density at radius 3 is 2.57 bits per heavy atom. The summed E-state index contributed by atoms with van der Waals surface area (Å²) in [5.41, 5.74) is 0.868. The van der Waals surface area contributed by atoms with Crippen molar-refractivity contribution in [3.63, 3.8) is 0 Å². The third-order valence-corrected chi connectivity index (χ3v) is 3.02. The van der Waals surface area contributed by atoms with Crippen LogP contribution < -0.4 is 0 Å². The van der Waals surface area contributed by atoms with E-state index in [1.807, 2.05) is 0 Å². The highest BCUT2D eigenvalue weighted by Gasteiger charge is 2.19. The van der Waals surface area contributed by atoms with Crippen LogP contribution in [0.15, 0.2) is 0 Å². The van der Waals surface area contributed by atoms with E-state index in [2.05, 4.69) is 20.9 Å². The van der Waals surface area contributed by atoms with Crippen LogP contribution in [0, 0.1) is 0 Å². The summed E-state index contributed by atoms with van der Waals surface area (Å²) in [6.45, 7) is 2.02. The van der Waals surface area contributed by atoms with E-state index in [1.165, 1.54) is 0 Å². The maximum Gasteiger partial charge on any atom is 0.356 e. The lowest BCUT2D eigenvalue weighted by Crippen LogP contribution is -2.05. The molecule has 1 aromatic heterocycles. The van der Waals surface area contributed by atoms with Crippen molar-refractivity contribution in [3.05, 3.63) is 21.4 Å². The van der Waals surface area contributed by atoms with Gasteiger partial charge in [0.05, 0.1) is 16.7 Å². The van der Waals surface area contributed by atoms with Crippen molar-refractivity contribution in [1.29, 1.82) is 0 Å². The number of ether oxygens (including phenoxy) is 1. The number of aromatic amines is 1. The second-order valence-corrected chi connectivity index (χ2v) is 3.78. The Hall–Kier alpha value is -0.190. The molecule has 0 aliphatic carbocycles. The number of alkyl halides is 1. The third kappa shape index (κ3) is 2.24. The third-order valence-electron chi connectivity index (χ3n) is 1.57. The molecule has 0 aromatic carbocycles. The van der Waals surface area contributed by atoms with E-state index in [0.717, 1.165) is 0 Å². The first-order valence-electron chi connectivity index (χ1n) is 3.90. The van der Waals surface area contributed by atoms with Crippen LogP contribution in [0.4, 0.5) is 0 Å². The molecular formula is C8H8BrCl2NO2. The number of nitrogens with one attached hydrogen (secondary N) is 1. The second-order valence-electron chi connectivity index (χ2n) is 2.46. The molecule has 0 radical (unpaired) electrons. The number of carbonyl (C=O) groups excluding carboxylic acids is 1. The van der Waals surface area contributed by atoms with Crippen molar-refractivity contribution in [1.82, 2.24) is 4.98 Å². The summed E-state index contributed by atoms with van der Waals surface area (Å²) < 4.78 is 4.79. The van der Waals surface area contributed by atoms with Crippen molar-refractivity contribution in [2.75, 3.05) is 6.61 Å². The van der Waals surface area contributed by atoms with Gasteiger partial charge >= 0.3 is 5.97 Å². The molecule has 3 nitrogen and oxygen atoms in total. The summed E-state index contributed by atoms with van der Waals surface area (Å²) in [4.78, 5) is 14.1. The van der Waals surface area contributed by atoms with E-state index >= 15 is 0 Å². The zero-order valence-corrected chi connectivity index (χ0v) is 10.5. The van der Waals surface area contributed by atoms with E-state index < -0.39 is 5.97 Å². The number of carbonyl (C=O) groups is 1. The Morgan fingerprint density at radius 1 is 1.50 bits per heavy atom. The van der Waals surface area contributed by atoms with E-state index in [4.69, 9.17) is 27.9 Å². The summed E-state index contributed by atoms with van der Waals surface area (Å²) in [5, 5.41) is 1.07. The van der Waals surface area contributed by atoms with E-state index in [0.29, 0.717) is 22.7 Å². The summed E-state index contributed by atoms with van der Waals surface area (Å²) in [6.07, 6.45) is 0. The molecule has 0 fully saturated rings. The molecule has 1 aromatic rings. The Bertz CT molecular complexity index is 351. The maximum atomic E-state index is 11.3. The van der Waals surface area contributed by atoms with Gasteiger partial charge in [0.25, 0.3) is 0 Å². The van der Waals surface area contributed by atoms with Crippen LogP contribution in [0.3, 0.4) is 0 Å². The van der Waals surface area contributed by atoms with Gasteiger partial charge in [0.15, 0.2) is 0 Å². The average molecular weight is 301 g/mol. The van der Waals surface area contributed by atoms with Crippen LogP contribution >= 0.6 is 39.1 Å². The maximum absolute atomic E-state index is 11.3. The summed E-state index contributed by atoms with van der Waals surface area (Å²) >= 11 is 14.9. The molecule has 0 bridgehead atoms. The van der Waals surface area contributed by atoms with Gasteiger partial charge in [-0.25, -0.2) is 4.79 Å². The number of hydrogen-bond acceptors (Lipinski definition) is 2. The van der Waals surface area contributed by atoms with Gasteiger partial charge in [-0.3, -0.25) is 0 Å². The number of aromatic nitrogens is 1. The SMILES string of the molecule is CCOC(=O)c1[nH]c(CBr)c(Cl)c1Cl. The van der Waals surface area contributed by atoms with Gasteiger partial charge in [-0.05, 0) is 6.92 Å². The van der Waals surface area contributed by atoms with Crippen molar-refractivity contribution < 1.29 is 9.53 Å². The molecule has 0 aliphatic rings. The largest absolute Gasteiger partial charge is 0.461 e. The number of halogens is 3. The van der Waals surface area contributed by atoms with Crippen molar-refractivity contribution in [2.24, 2.45) is 0 Å². The molecule has 0 spiro atoms. The van der Waals surface area contributed by atoms with Crippen LogP contribution in [0.1, 0.15) is 23.1 Å². The van der Waals surface area contributed by atoms with Gasteiger partial charge in [0.2, 0.25) is 0 Å². The zero-order valence-electron chi connectivity index (χ0n) is 7.36. The molecule has 0 amide bonds. The van der Waals surface area contributed by atoms with Gasteiger partial charge in [-0.2, -0.15) is 0 Å². The van der Waals surface area contributed by atoms with Crippen molar-refractivity contribution in [3.8, 4) is 0 Å². The molecule has 0 aliphatic heterocycles. The molecule has 1 N–H and O–H groups in total. The molecule has 78 valence electrons. The van der Waals surface area contributed by atoms with Gasteiger partial charge < -0.3 is 9.72 Å². The first-order valence-corrected chi connectivity index (χ1v) is 5.78. The average Bonchev–Trinajstić information content (AvgIpc) is 2.44. The van der Waals surface area contributed by atoms with Gasteiger partial charge in [0, 0.05) is 11.0 Å². The first-order chi connectivity index (χ1) is 6.61. The lowest BCUT2D eigenvalue weighted by molar-refractivity contribution is 0.0520. The monoisotopic (exact) mass is 299 g/mol. The van der Waals surface area contributed by atoms with Gasteiger partial charge in [-0.15, -0.1) is 0 Å². The lowest BCUT2D eigenvalue weighted by Gasteiger charge is -1.98. The topological polar surface area (TPSA) is 42.1 Å². The Labute approximate surface area is 99.8 Å². The van der Waals surface area contributed by atoms with Crippen LogP contribution in [-0.2, 0) is 10.1 Å². The number of H-pyrrole nitrogens is 1. The summed E-state index contributed by atoms with van der Waals surface area (Å²) in [7, 11) is 0. The normalized spacial score (nSPS) is 10.3. The van der Waals surface area contributed by atoms with Gasteiger partial charge in [0.1, 0.15) is 5.69 Å². The number of hydrogen-bond donors (Lipinski definition) is 1. The zero-order chi connectivity index (χ0) is 10.7. The molecule has 0 atom stereocenters. The summed E-state index contributed by atoms with van der Waals surface area (Å²) in [5.74, 6) is -0.494. The minimum atomic E-state index is -0.494. The minimum absolute atomic E-state index is 0.202. The van der Waals surface area contributed by atoms with Crippen molar-refractivity contribution in [2.45, 2.75) is 12.3 Å². The Morgan fingerprint density at radius 2 is 2.14 bits per heavy atom. The fourth-order valence-corrected chi connectivity index (χ4v) is 1.97. The fraction of sp³-hybridized carbons (Fsp3) is 0.375. The van der Waals surface area contributed by atoms with E-state index in [-0.39, 0.29) is 10.7 Å². The molecule has 14 heavy (non-hydrogen) atoms. The van der Waals surface area contributed by atoms with Crippen LogP contribution in [-0.4, -0.2) is 17.6 Å². The molecule has 1 rings (SSSR count). The second kappa shape index (κ2) is 5.05. The van der Waals surface area contributed by atoms with Crippen LogP contribution in [0.2, 0.25) is 10.0 Å². The molecule has 0 unspecified atom stereocenters. The van der Waals surface area contributed by atoms with E-state index in [9.17, 15) is 4.79 Å². The number of esters is 1. The molecule has 1 heterocycles. The minimum Gasteiger partial charge on any atom is -0.461 e. The van der Waals surface area contributed by atoms with Gasteiger partial charge in [-0.1, -0.05) is 39.1 Å². The smallest absolute Gasteiger partial charge is 0.356 e. The highest BCUT2D eigenvalue weighted by molar-refractivity contribution is 9.08. The van der Waals surface area contributed by atoms with Crippen LogP contribution in [0.25, 0.3) is 0 Å².